The van der Waals surface area contributed by atoms with E-state index in [1.165, 1.54) is 6.07 Å². The summed E-state index contributed by atoms with van der Waals surface area (Å²) in [6, 6.07) is 1.51. The highest BCUT2D eigenvalue weighted by Crippen LogP contribution is 2.24. The standard InChI is InChI=1S/C6H2BrCl2NO/c7-4-1-5(8)10-6(9)3(4)2-11/h1-2H. The number of hydrogen-bond acceptors (Lipinski definition) is 2. The fourth-order valence-electron chi connectivity index (χ4n) is 0.572. The van der Waals surface area contributed by atoms with E-state index in [1.54, 1.807) is 0 Å². The van der Waals surface area contributed by atoms with Crippen LogP contribution >= 0.6 is 39.1 Å². The van der Waals surface area contributed by atoms with E-state index in [1.807, 2.05) is 0 Å². The minimum atomic E-state index is 0.111. The summed E-state index contributed by atoms with van der Waals surface area (Å²) in [6.45, 7) is 0. The van der Waals surface area contributed by atoms with Gasteiger partial charge >= 0.3 is 0 Å². The van der Waals surface area contributed by atoms with E-state index in [2.05, 4.69) is 20.9 Å². The van der Waals surface area contributed by atoms with Gasteiger partial charge in [-0.1, -0.05) is 23.2 Å². The molecule has 1 rings (SSSR count). The summed E-state index contributed by atoms with van der Waals surface area (Å²) >= 11 is 14.2. The van der Waals surface area contributed by atoms with Crippen molar-refractivity contribution in [3.05, 3.63) is 26.4 Å². The van der Waals surface area contributed by atoms with Gasteiger partial charge < -0.3 is 0 Å². The van der Waals surface area contributed by atoms with E-state index in [4.69, 9.17) is 23.2 Å². The van der Waals surface area contributed by atoms with Gasteiger partial charge in [0.1, 0.15) is 10.3 Å². The van der Waals surface area contributed by atoms with Gasteiger partial charge in [-0.2, -0.15) is 0 Å². The lowest BCUT2D eigenvalue weighted by atomic mass is 10.3. The fraction of sp³-hybridized carbons (Fsp3) is 0. The first-order chi connectivity index (χ1) is 5.15. The Hall–Kier alpha value is -0.120. The van der Waals surface area contributed by atoms with Crippen molar-refractivity contribution in [1.29, 1.82) is 0 Å². The second-order valence-electron chi connectivity index (χ2n) is 1.75. The Bertz CT molecular complexity index is 280. The maximum absolute atomic E-state index is 10.4. The average Bonchev–Trinajstić information content (AvgIpc) is 1.85. The third kappa shape index (κ3) is 1.92. The molecule has 0 radical (unpaired) electrons. The predicted octanol–water partition coefficient (Wildman–Crippen LogP) is 2.96. The van der Waals surface area contributed by atoms with Crippen molar-refractivity contribution >= 4 is 45.4 Å². The zero-order valence-corrected chi connectivity index (χ0v) is 8.24. The minimum Gasteiger partial charge on any atom is -0.298 e. The number of rotatable bonds is 1. The van der Waals surface area contributed by atoms with Crippen LogP contribution in [-0.4, -0.2) is 11.3 Å². The van der Waals surface area contributed by atoms with E-state index in [0.717, 1.165) is 0 Å². The third-order valence-electron chi connectivity index (χ3n) is 1.05. The predicted molar refractivity (Wildman–Crippen MR) is 47.3 cm³/mol. The van der Waals surface area contributed by atoms with E-state index < -0.39 is 0 Å². The van der Waals surface area contributed by atoms with Gasteiger partial charge in [0.25, 0.3) is 0 Å². The van der Waals surface area contributed by atoms with Crippen LogP contribution in [0.15, 0.2) is 10.5 Å². The number of carbonyl (C=O) groups excluding carboxylic acids is 1. The molecule has 11 heavy (non-hydrogen) atoms. The molecule has 0 fully saturated rings. The molecule has 0 saturated heterocycles. The van der Waals surface area contributed by atoms with Gasteiger partial charge in [-0.15, -0.1) is 0 Å². The van der Waals surface area contributed by atoms with Gasteiger partial charge in [0, 0.05) is 4.47 Å². The smallest absolute Gasteiger partial charge is 0.154 e. The molecule has 0 spiro atoms. The molecule has 58 valence electrons. The van der Waals surface area contributed by atoms with Crippen molar-refractivity contribution in [3.8, 4) is 0 Å². The number of hydrogen-bond donors (Lipinski definition) is 0. The van der Waals surface area contributed by atoms with Crippen molar-refractivity contribution in [2.75, 3.05) is 0 Å². The molecule has 0 N–H and O–H groups in total. The van der Waals surface area contributed by atoms with E-state index in [9.17, 15) is 4.79 Å². The minimum absolute atomic E-state index is 0.111. The maximum Gasteiger partial charge on any atom is 0.154 e. The van der Waals surface area contributed by atoms with Crippen molar-refractivity contribution in [3.63, 3.8) is 0 Å². The van der Waals surface area contributed by atoms with Crippen molar-refractivity contribution in [2.24, 2.45) is 0 Å². The van der Waals surface area contributed by atoms with Gasteiger partial charge in [0.15, 0.2) is 6.29 Å². The number of pyridine rings is 1. The second kappa shape index (κ2) is 3.52. The normalized spacial score (nSPS) is 9.73. The molecule has 2 nitrogen and oxygen atoms in total. The molecule has 1 aromatic rings. The number of aldehydes is 1. The van der Waals surface area contributed by atoms with Crippen LogP contribution in [0.5, 0.6) is 0 Å². The van der Waals surface area contributed by atoms with Crippen LogP contribution in [-0.2, 0) is 0 Å². The summed E-state index contributed by atoms with van der Waals surface area (Å²) in [5, 5.41) is 0.367. The van der Waals surface area contributed by atoms with Crippen LogP contribution < -0.4 is 0 Å². The summed E-state index contributed by atoms with van der Waals surface area (Å²) in [5.41, 5.74) is 0.316. The molecule has 0 aromatic carbocycles. The van der Waals surface area contributed by atoms with E-state index in [0.29, 0.717) is 16.3 Å². The lowest BCUT2D eigenvalue weighted by Gasteiger charge is -1.98. The average molecular weight is 255 g/mol. The number of nitrogens with zero attached hydrogens (tertiary/aromatic N) is 1. The Morgan fingerprint density at radius 2 is 2.18 bits per heavy atom. The van der Waals surface area contributed by atoms with E-state index >= 15 is 0 Å². The molecule has 0 aliphatic carbocycles. The molecular weight excluding hydrogens is 253 g/mol. The highest BCUT2D eigenvalue weighted by atomic mass is 79.9. The molecule has 0 atom stereocenters. The Morgan fingerprint density at radius 3 is 2.64 bits per heavy atom. The summed E-state index contributed by atoms with van der Waals surface area (Å²) in [7, 11) is 0. The summed E-state index contributed by atoms with van der Waals surface area (Å²) < 4.78 is 0.553. The van der Waals surface area contributed by atoms with Crippen LogP contribution in [0.25, 0.3) is 0 Å². The van der Waals surface area contributed by atoms with Crippen molar-refractivity contribution in [2.45, 2.75) is 0 Å². The Balaban J connectivity index is 3.36. The van der Waals surface area contributed by atoms with Gasteiger partial charge in [-0.25, -0.2) is 4.98 Å². The molecule has 0 bridgehead atoms. The lowest BCUT2D eigenvalue weighted by Crippen LogP contribution is -1.88. The summed E-state index contributed by atoms with van der Waals surface area (Å²) in [4.78, 5) is 14.0. The van der Waals surface area contributed by atoms with Gasteiger partial charge in [0.05, 0.1) is 5.56 Å². The second-order valence-corrected chi connectivity index (χ2v) is 3.35. The first-order valence-corrected chi connectivity index (χ1v) is 4.16. The molecule has 0 amide bonds. The van der Waals surface area contributed by atoms with Crippen LogP contribution in [0.1, 0.15) is 10.4 Å². The Labute approximate surface area is 81.7 Å². The largest absolute Gasteiger partial charge is 0.298 e. The highest BCUT2D eigenvalue weighted by Gasteiger charge is 2.06. The quantitative estimate of drug-likeness (QED) is 0.570. The molecule has 0 aliphatic rings. The van der Waals surface area contributed by atoms with Gasteiger partial charge in [-0.05, 0) is 22.0 Å². The topological polar surface area (TPSA) is 30.0 Å². The molecule has 0 saturated carbocycles. The van der Waals surface area contributed by atoms with Crippen LogP contribution in [0.2, 0.25) is 10.3 Å². The summed E-state index contributed by atoms with van der Waals surface area (Å²) in [6.07, 6.45) is 0.621. The Kier molecular flexibility index (Phi) is 2.87. The van der Waals surface area contributed by atoms with E-state index in [-0.39, 0.29) is 10.3 Å². The number of halogens is 3. The number of aromatic nitrogens is 1. The summed E-state index contributed by atoms with van der Waals surface area (Å²) in [5.74, 6) is 0. The third-order valence-corrected chi connectivity index (χ3v) is 2.19. The fourth-order valence-corrected chi connectivity index (χ4v) is 1.79. The Morgan fingerprint density at radius 1 is 1.55 bits per heavy atom. The van der Waals surface area contributed by atoms with Gasteiger partial charge in [0.2, 0.25) is 0 Å². The van der Waals surface area contributed by atoms with Gasteiger partial charge in [-0.3, -0.25) is 4.79 Å². The van der Waals surface area contributed by atoms with Crippen LogP contribution in [0.4, 0.5) is 0 Å². The first-order valence-electron chi connectivity index (χ1n) is 2.62. The molecule has 1 aromatic heterocycles. The maximum atomic E-state index is 10.4. The van der Waals surface area contributed by atoms with Crippen LogP contribution in [0, 0.1) is 0 Å². The molecule has 0 unspecified atom stereocenters. The highest BCUT2D eigenvalue weighted by molar-refractivity contribution is 9.10. The molecule has 1 heterocycles. The van der Waals surface area contributed by atoms with Crippen LogP contribution in [0.3, 0.4) is 0 Å². The SMILES string of the molecule is O=Cc1c(Br)cc(Cl)nc1Cl. The molecule has 5 heteroatoms. The molecular formula is C6H2BrCl2NO. The zero-order valence-electron chi connectivity index (χ0n) is 5.14. The zero-order chi connectivity index (χ0) is 8.43. The van der Waals surface area contributed by atoms with Crippen molar-refractivity contribution < 1.29 is 4.79 Å². The monoisotopic (exact) mass is 253 g/mol. The van der Waals surface area contributed by atoms with Crippen molar-refractivity contribution in [1.82, 2.24) is 4.98 Å². The lowest BCUT2D eigenvalue weighted by molar-refractivity contribution is 0.112. The molecule has 0 aliphatic heterocycles. The first kappa shape index (κ1) is 8.97. The number of carbonyl (C=O) groups is 1.